The monoisotopic (exact) mass is 439 g/mol. The van der Waals surface area contributed by atoms with Crippen LogP contribution < -0.4 is 5.32 Å². The molecule has 0 bridgehead atoms. The maximum atomic E-state index is 13.4. The molecule has 1 aromatic heterocycles. The summed E-state index contributed by atoms with van der Waals surface area (Å²) in [6.45, 7) is 2.25. The van der Waals surface area contributed by atoms with E-state index in [1.165, 1.54) is 4.88 Å². The highest BCUT2D eigenvalue weighted by atomic mass is 32.1. The van der Waals surface area contributed by atoms with E-state index in [1.54, 1.807) is 16.2 Å². The quantitative estimate of drug-likeness (QED) is 0.664. The van der Waals surface area contributed by atoms with Gasteiger partial charge in [-0.15, -0.1) is 11.3 Å². The molecule has 2 fully saturated rings. The Hall–Kier alpha value is -2.67. The second-order valence-electron chi connectivity index (χ2n) is 8.60. The molecule has 1 atom stereocenters. The maximum absolute atomic E-state index is 13.4. The van der Waals surface area contributed by atoms with Gasteiger partial charge in [-0.05, 0) is 36.8 Å². The smallest absolute Gasteiger partial charge is 0.325 e. The van der Waals surface area contributed by atoms with E-state index in [-0.39, 0.29) is 24.4 Å². The van der Waals surface area contributed by atoms with E-state index in [2.05, 4.69) is 11.4 Å². The summed E-state index contributed by atoms with van der Waals surface area (Å²) in [6.07, 6.45) is 4.97. The number of carbonyl (C=O) groups is 3. The van der Waals surface area contributed by atoms with Gasteiger partial charge in [0.2, 0.25) is 5.91 Å². The van der Waals surface area contributed by atoms with Crippen molar-refractivity contribution in [2.24, 2.45) is 0 Å². The van der Waals surface area contributed by atoms with Gasteiger partial charge in [-0.1, -0.05) is 55.7 Å². The van der Waals surface area contributed by atoms with Crippen LogP contribution in [0.15, 0.2) is 47.8 Å². The van der Waals surface area contributed by atoms with Crippen LogP contribution in [0.5, 0.6) is 0 Å². The van der Waals surface area contributed by atoms with Crippen LogP contribution in [0.4, 0.5) is 4.79 Å². The number of benzene rings is 1. The molecule has 2 aliphatic rings. The average molecular weight is 440 g/mol. The topological polar surface area (TPSA) is 69.7 Å². The van der Waals surface area contributed by atoms with Gasteiger partial charge in [0.1, 0.15) is 12.1 Å². The van der Waals surface area contributed by atoms with Crippen LogP contribution in [0.1, 0.15) is 49.5 Å². The number of imide groups is 1. The Morgan fingerprint density at radius 2 is 1.87 bits per heavy atom. The number of nitrogens with one attached hydrogen (secondary N) is 1. The first-order valence-corrected chi connectivity index (χ1v) is 11.9. The molecule has 7 heteroatoms. The standard InChI is InChI=1S/C24H29N3O3S/c1-18(15-20-11-8-14-31-20)26(16-19-9-4-2-5-10-19)21(28)17-27-22(29)24(25-23(27)30)12-6-3-7-13-24/h2,4-5,8-11,14,18H,3,6-7,12-13,15-17H2,1H3,(H,25,30)/t18-/m1/s1. The van der Waals surface area contributed by atoms with Crippen LogP contribution >= 0.6 is 11.3 Å². The van der Waals surface area contributed by atoms with E-state index >= 15 is 0 Å². The molecule has 0 unspecified atom stereocenters. The molecule has 1 spiro atoms. The predicted molar refractivity (Wildman–Crippen MR) is 121 cm³/mol. The van der Waals surface area contributed by atoms with Gasteiger partial charge in [0, 0.05) is 23.9 Å². The third-order valence-electron chi connectivity index (χ3n) is 6.37. The molecule has 4 amide bonds. The van der Waals surface area contributed by atoms with Crippen molar-refractivity contribution in [2.45, 2.75) is 63.6 Å². The van der Waals surface area contributed by atoms with Crippen LogP contribution in [0.3, 0.4) is 0 Å². The molecule has 6 nitrogen and oxygen atoms in total. The highest BCUT2D eigenvalue weighted by Gasteiger charge is 2.51. The molecule has 1 saturated heterocycles. The zero-order chi connectivity index (χ0) is 21.8. The van der Waals surface area contributed by atoms with Crippen molar-refractivity contribution in [3.8, 4) is 0 Å². The number of hydrogen-bond acceptors (Lipinski definition) is 4. The van der Waals surface area contributed by atoms with Gasteiger partial charge in [0.15, 0.2) is 0 Å². The van der Waals surface area contributed by atoms with Gasteiger partial charge >= 0.3 is 6.03 Å². The molecule has 4 rings (SSSR count). The Kier molecular flexibility index (Phi) is 6.41. The van der Waals surface area contributed by atoms with E-state index in [0.29, 0.717) is 19.4 Å². The zero-order valence-electron chi connectivity index (χ0n) is 17.9. The molecular formula is C24H29N3O3S. The number of thiophene rings is 1. The molecule has 1 N–H and O–H groups in total. The Balaban J connectivity index is 1.51. The summed E-state index contributed by atoms with van der Waals surface area (Å²) in [6, 6.07) is 13.4. The van der Waals surface area contributed by atoms with Crippen molar-refractivity contribution in [3.63, 3.8) is 0 Å². The van der Waals surface area contributed by atoms with Crippen molar-refractivity contribution < 1.29 is 14.4 Å². The lowest BCUT2D eigenvalue weighted by Crippen LogP contribution is -2.49. The summed E-state index contributed by atoms with van der Waals surface area (Å²) < 4.78 is 0. The number of hydrogen-bond donors (Lipinski definition) is 1. The first-order valence-electron chi connectivity index (χ1n) is 11.0. The molecule has 1 aromatic carbocycles. The molecule has 1 saturated carbocycles. The Bertz CT molecular complexity index is 923. The highest BCUT2D eigenvalue weighted by molar-refractivity contribution is 7.09. The summed E-state index contributed by atoms with van der Waals surface area (Å²) in [4.78, 5) is 43.3. The van der Waals surface area contributed by atoms with Crippen molar-refractivity contribution in [1.29, 1.82) is 0 Å². The van der Waals surface area contributed by atoms with E-state index in [4.69, 9.17) is 0 Å². The van der Waals surface area contributed by atoms with Gasteiger partial charge in [-0.2, -0.15) is 0 Å². The Morgan fingerprint density at radius 3 is 2.55 bits per heavy atom. The van der Waals surface area contributed by atoms with E-state index < -0.39 is 11.6 Å². The summed E-state index contributed by atoms with van der Waals surface area (Å²) in [7, 11) is 0. The summed E-state index contributed by atoms with van der Waals surface area (Å²) >= 11 is 1.67. The lowest BCUT2D eigenvalue weighted by Gasteiger charge is -2.32. The first-order chi connectivity index (χ1) is 15.0. The van der Waals surface area contributed by atoms with Crippen molar-refractivity contribution in [3.05, 3.63) is 58.3 Å². The van der Waals surface area contributed by atoms with Gasteiger partial charge in [-0.25, -0.2) is 4.79 Å². The fourth-order valence-corrected chi connectivity index (χ4v) is 5.47. The number of carbonyl (C=O) groups excluding carboxylic acids is 3. The fraction of sp³-hybridized carbons (Fsp3) is 0.458. The van der Waals surface area contributed by atoms with Crippen molar-refractivity contribution >= 4 is 29.2 Å². The normalized spacial score (nSPS) is 18.8. The SMILES string of the molecule is C[C@H](Cc1cccs1)N(Cc1ccccc1)C(=O)CN1C(=O)NC2(CCCCC2)C1=O. The zero-order valence-corrected chi connectivity index (χ0v) is 18.7. The van der Waals surface area contributed by atoms with Gasteiger partial charge < -0.3 is 10.2 Å². The van der Waals surface area contributed by atoms with Crippen molar-refractivity contribution in [1.82, 2.24) is 15.1 Å². The molecule has 2 aromatic rings. The van der Waals surface area contributed by atoms with Gasteiger partial charge in [0.25, 0.3) is 5.91 Å². The maximum Gasteiger partial charge on any atom is 0.325 e. The first kappa shape index (κ1) is 21.6. The van der Waals surface area contributed by atoms with Crippen LogP contribution in [-0.2, 0) is 22.6 Å². The molecular weight excluding hydrogens is 410 g/mol. The lowest BCUT2D eigenvalue weighted by atomic mass is 9.82. The minimum atomic E-state index is -0.803. The third-order valence-corrected chi connectivity index (χ3v) is 7.27. The summed E-state index contributed by atoms with van der Waals surface area (Å²) in [5.74, 6) is -0.444. The molecule has 0 radical (unpaired) electrons. The van der Waals surface area contributed by atoms with Gasteiger partial charge in [0.05, 0.1) is 0 Å². The van der Waals surface area contributed by atoms with Crippen LogP contribution in [0.2, 0.25) is 0 Å². The minimum Gasteiger partial charge on any atom is -0.334 e. The highest BCUT2D eigenvalue weighted by Crippen LogP contribution is 2.33. The Labute approximate surface area is 187 Å². The second-order valence-corrected chi connectivity index (χ2v) is 9.64. The van der Waals surface area contributed by atoms with Crippen LogP contribution in [0, 0.1) is 0 Å². The second kappa shape index (κ2) is 9.22. The van der Waals surface area contributed by atoms with Crippen LogP contribution in [0.25, 0.3) is 0 Å². The lowest BCUT2D eigenvalue weighted by molar-refractivity contribution is -0.141. The van der Waals surface area contributed by atoms with Gasteiger partial charge in [-0.3, -0.25) is 14.5 Å². The fourth-order valence-electron chi connectivity index (χ4n) is 4.64. The van der Waals surface area contributed by atoms with Crippen LogP contribution in [-0.4, -0.2) is 45.8 Å². The molecule has 164 valence electrons. The molecule has 1 aliphatic carbocycles. The van der Waals surface area contributed by atoms with E-state index in [0.717, 1.165) is 36.1 Å². The molecule has 31 heavy (non-hydrogen) atoms. The largest absolute Gasteiger partial charge is 0.334 e. The van der Waals surface area contributed by atoms with E-state index in [9.17, 15) is 14.4 Å². The van der Waals surface area contributed by atoms with E-state index in [1.807, 2.05) is 48.7 Å². The summed E-state index contributed by atoms with van der Waals surface area (Å²) in [5.41, 5.74) is 0.220. The number of rotatable bonds is 7. The third kappa shape index (κ3) is 4.66. The predicted octanol–water partition coefficient (Wildman–Crippen LogP) is 3.96. The average Bonchev–Trinajstić information content (AvgIpc) is 3.36. The number of amides is 4. The number of urea groups is 1. The summed E-state index contributed by atoms with van der Waals surface area (Å²) in [5, 5.41) is 4.93. The molecule has 1 aliphatic heterocycles. The minimum absolute atomic E-state index is 0.0595. The number of nitrogens with zero attached hydrogens (tertiary/aromatic N) is 2. The van der Waals surface area contributed by atoms with Crippen molar-refractivity contribution in [2.75, 3.05) is 6.54 Å². The molecule has 2 heterocycles. The Morgan fingerprint density at radius 1 is 1.13 bits per heavy atom.